The van der Waals surface area contributed by atoms with Gasteiger partial charge in [-0.1, -0.05) is 0 Å². The van der Waals surface area contributed by atoms with E-state index in [9.17, 15) is 4.39 Å². The number of aromatic nitrogens is 2. The molecule has 0 atom stereocenters. The minimum absolute atomic E-state index is 0.172. The van der Waals surface area contributed by atoms with Crippen molar-refractivity contribution in [1.29, 1.82) is 0 Å². The number of hydrogen-bond acceptors (Lipinski definition) is 3. The van der Waals surface area contributed by atoms with E-state index in [0.29, 0.717) is 0 Å². The van der Waals surface area contributed by atoms with Gasteiger partial charge in [-0.2, -0.15) is 5.10 Å². The van der Waals surface area contributed by atoms with Crippen molar-refractivity contribution in [1.82, 2.24) is 9.78 Å². The Morgan fingerprint density at radius 1 is 1.73 bits per heavy atom. The van der Waals surface area contributed by atoms with Crippen molar-refractivity contribution in [3.05, 3.63) is 12.0 Å². The summed E-state index contributed by atoms with van der Waals surface area (Å²) < 4.78 is 14.3. The van der Waals surface area contributed by atoms with Gasteiger partial charge in [0.1, 0.15) is 0 Å². The van der Waals surface area contributed by atoms with Gasteiger partial charge in [-0.25, -0.2) is 4.39 Å². The molecule has 1 aromatic rings. The van der Waals surface area contributed by atoms with Crippen LogP contribution in [0.3, 0.4) is 0 Å². The van der Waals surface area contributed by atoms with E-state index in [0.717, 1.165) is 11.9 Å². The van der Waals surface area contributed by atoms with Crippen molar-refractivity contribution in [3.63, 3.8) is 0 Å². The molecule has 62 valence electrons. The average molecular weight is 175 g/mol. The molecule has 1 heterocycles. The molecule has 0 spiro atoms. The van der Waals surface area contributed by atoms with Crippen LogP contribution in [-0.4, -0.2) is 9.78 Å². The third-order valence-electron chi connectivity index (χ3n) is 1.30. The molecule has 11 heavy (non-hydrogen) atoms. The molecule has 0 amide bonds. The first kappa shape index (κ1) is 8.55. The van der Waals surface area contributed by atoms with E-state index < -0.39 is 0 Å². The van der Waals surface area contributed by atoms with Crippen molar-refractivity contribution in [2.45, 2.75) is 24.9 Å². The second-order valence-corrected chi connectivity index (χ2v) is 3.10. The summed E-state index contributed by atoms with van der Waals surface area (Å²) in [6.07, 6.45) is 1.35. The van der Waals surface area contributed by atoms with Crippen LogP contribution >= 0.6 is 11.9 Å². The molecular formula is C6H10FN3S. The maximum absolute atomic E-state index is 12.8. The number of halogens is 1. The number of rotatable bonds is 2. The van der Waals surface area contributed by atoms with Crippen LogP contribution in [0.2, 0.25) is 0 Å². The van der Waals surface area contributed by atoms with Crippen molar-refractivity contribution in [3.8, 4) is 0 Å². The Bertz CT molecular complexity index is 246. The summed E-state index contributed by atoms with van der Waals surface area (Å²) in [7, 11) is 0. The lowest BCUT2D eigenvalue weighted by Crippen LogP contribution is -2.00. The van der Waals surface area contributed by atoms with Gasteiger partial charge < -0.3 is 0 Å². The van der Waals surface area contributed by atoms with Crippen molar-refractivity contribution in [2.75, 3.05) is 0 Å². The van der Waals surface area contributed by atoms with Crippen LogP contribution < -0.4 is 5.14 Å². The highest BCUT2D eigenvalue weighted by molar-refractivity contribution is 7.97. The van der Waals surface area contributed by atoms with Gasteiger partial charge in [0.25, 0.3) is 0 Å². The minimum atomic E-state index is -0.355. The van der Waals surface area contributed by atoms with Crippen LogP contribution in [0.5, 0.6) is 0 Å². The van der Waals surface area contributed by atoms with Gasteiger partial charge in [-0.3, -0.25) is 9.82 Å². The molecule has 1 aromatic heterocycles. The van der Waals surface area contributed by atoms with Gasteiger partial charge >= 0.3 is 0 Å². The van der Waals surface area contributed by atoms with E-state index in [2.05, 4.69) is 5.10 Å². The van der Waals surface area contributed by atoms with Crippen molar-refractivity contribution in [2.24, 2.45) is 5.14 Å². The molecule has 0 radical (unpaired) electrons. The molecule has 0 aromatic carbocycles. The van der Waals surface area contributed by atoms with Gasteiger partial charge in [0.2, 0.25) is 0 Å². The topological polar surface area (TPSA) is 43.8 Å². The monoisotopic (exact) mass is 175 g/mol. The largest absolute Gasteiger partial charge is 0.272 e. The molecule has 2 N–H and O–H groups in total. The first-order chi connectivity index (χ1) is 5.15. The SMILES string of the molecule is CC(C)n1cc(F)c(SN)n1. The smallest absolute Gasteiger partial charge is 0.176 e. The first-order valence-electron chi connectivity index (χ1n) is 3.26. The fraction of sp³-hybridized carbons (Fsp3) is 0.500. The first-order valence-corrected chi connectivity index (χ1v) is 4.14. The maximum atomic E-state index is 12.8. The van der Waals surface area contributed by atoms with Crippen LogP contribution in [0.15, 0.2) is 11.2 Å². The standard InChI is InChI=1S/C6H10FN3S/c1-4(2)10-3-5(7)6(9-10)11-8/h3-4H,8H2,1-2H3. The third-order valence-corrected chi connectivity index (χ3v) is 1.80. The van der Waals surface area contributed by atoms with E-state index in [1.807, 2.05) is 13.8 Å². The highest BCUT2D eigenvalue weighted by Crippen LogP contribution is 2.15. The zero-order chi connectivity index (χ0) is 8.43. The summed E-state index contributed by atoms with van der Waals surface area (Å²) in [5.41, 5.74) is 0. The summed E-state index contributed by atoms with van der Waals surface area (Å²) in [6, 6.07) is 0.172. The van der Waals surface area contributed by atoms with Gasteiger partial charge in [-0.05, 0) is 25.8 Å². The van der Waals surface area contributed by atoms with Crippen LogP contribution in [0.25, 0.3) is 0 Å². The normalized spacial score (nSPS) is 11.0. The molecule has 0 saturated carbocycles. The Morgan fingerprint density at radius 2 is 2.36 bits per heavy atom. The Kier molecular flexibility index (Phi) is 2.51. The van der Waals surface area contributed by atoms with E-state index in [1.54, 1.807) is 4.68 Å². The van der Waals surface area contributed by atoms with Crippen LogP contribution in [0.1, 0.15) is 19.9 Å². The second-order valence-electron chi connectivity index (χ2n) is 2.47. The van der Waals surface area contributed by atoms with Gasteiger partial charge in [0.05, 0.1) is 6.20 Å². The zero-order valence-electron chi connectivity index (χ0n) is 6.41. The molecule has 1 rings (SSSR count). The lowest BCUT2D eigenvalue weighted by Gasteiger charge is -2.02. The van der Waals surface area contributed by atoms with E-state index in [1.165, 1.54) is 6.20 Å². The summed E-state index contributed by atoms with van der Waals surface area (Å²) in [6.45, 7) is 3.86. The molecule has 0 aliphatic heterocycles. The Hall–Kier alpha value is -0.550. The van der Waals surface area contributed by atoms with Crippen LogP contribution in [0, 0.1) is 5.82 Å². The van der Waals surface area contributed by atoms with Crippen LogP contribution in [0.4, 0.5) is 4.39 Å². The molecule has 3 nitrogen and oxygen atoms in total. The molecule has 0 fully saturated rings. The fourth-order valence-electron chi connectivity index (χ4n) is 0.697. The number of nitrogens with two attached hydrogens (primary N) is 1. The minimum Gasteiger partial charge on any atom is -0.272 e. The van der Waals surface area contributed by atoms with Crippen molar-refractivity contribution >= 4 is 11.9 Å². The maximum Gasteiger partial charge on any atom is 0.176 e. The highest BCUT2D eigenvalue weighted by atomic mass is 32.2. The predicted molar refractivity (Wildman–Crippen MR) is 42.6 cm³/mol. The molecule has 0 bridgehead atoms. The van der Waals surface area contributed by atoms with Crippen LogP contribution in [-0.2, 0) is 0 Å². The molecule has 0 saturated heterocycles. The summed E-state index contributed by atoms with van der Waals surface area (Å²) in [5.74, 6) is -0.355. The lowest BCUT2D eigenvalue weighted by molar-refractivity contribution is 0.521. The van der Waals surface area contributed by atoms with Gasteiger partial charge in [0.15, 0.2) is 10.8 Å². The van der Waals surface area contributed by atoms with Gasteiger partial charge in [-0.15, -0.1) is 0 Å². The number of hydrogen-bond donors (Lipinski definition) is 1. The summed E-state index contributed by atoms with van der Waals surface area (Å²) in [4.78, 5) is 0. The highest BCUT2D eigenvalue weighted by Gasteiger charge is 2.08. The molecular weight excluding hydrogens is 165 g/mol. The summed E-state index contributed by atoms with van der Waals surface area (Å²) in [5, 5.41) is 9.32. The second kappa shape index (κ2) is 3.23. The Balaban J connectivity index is 2.95. The van der Waals surface area contributed by atoms with Crippen molar-refractivity contribution < 1.29 is 4.39 Å². The summed E-state index contributed by atoms with van der Waals surface area (Å²) >= 11 is 0.827. The van der Waals surface area contributed by atoms with E-state index in [4.69, 9.17) is 5.14 Å². The number of nitrogens with zero attached hydrogens (tertiary/aromatic N) is 2. The fourth-order valence-corrected chi connectivity index (χ4v) is 1.00. The quantitative estimate of drug-likeness (QED) is 0.694. The lowest BCUT2D eigenvalue weighted by atomic mass is 10.4. The third kappa shape index (κ3) is 1.72. The molecule has 5 heteroatoms. The average Bonchev–Trinajstić information content (AvgIpc) is 2.31. The molecule has 0 aliphatic rings. The Morgan fingerprint density at radius 3 is 2.64 bits per heavy atom. The molecule has 0 aliphatic carbocycles. The van der Waals surface area contributed by atoms with E-state index in [-0.39, 0.29) is 16.9 Å². The van der Waals surface area contributed by atoms with Gasteiger partial charge in [0, 0.05) is 6.04 Å². The predicted octanol–water partition coefficient (Wildman–Crippen LogP) is 1.57. The Labute approximate surface area is 68.9 Å². The zero-order valence-corrected chi connectivity index (χ0v) is 7.23. The molecule has 0 unspecified atom stereocenters. The van der Waals surface area contributed by atoms with E-state index >= 15 is 0 Å².